The van der Waals surface area contributed by atoms with Crippen LogP contribution in [0.1, 0.15) is 18.4 Å². The zero-order chi connectivity index (χ0) is 8.81. The van der Waals surface area contributed by atoms with Gasteiger partial charge in [-0.25, -0.2) is 4.98 Å². The van der Waals surface area contributed by atoms with Crippen molar-refractivity contribution in [3.63, 3.8) is 0 Å². The topological polar surface area (TPSA) is 30.0 Å². The number of pyridine rings is 1. The summed E-state index contributed by atoms with van der Waals surface area (Å²) in [5.41, 5.74) is 1.22. The highest BCUT2D eigenvalue weighted by atomic mass is 79.9. The van der Waals surface area contributed by atoms with E-state index in [9.17, 15) is 4.79 Å². The molecule has 0 atom stereocenters. The van der Waals surface area contributed by atoms with E-state index >= 15 is 0 Å². The van der Waals surface area contributed by atoms with Gasteiger partial charge in [-0.05, 0) is 46.5 Å². The van der Waals surface area contributed by atoms with E-state index in [1.807, 2.05) is 12.1 Å². The van der Waals surface area contributed by atoms with Crippen LogP contribution >= 0.6 is 15.9 Å². The van der Waals surface area contributed by atoms with Crippen molar-refractivity contribution >= 4 is 22.2 Å². The molecule has 1 aromatic rings. The first-order valence-corrected chi connectivity index (χ1v) is 4.66. The first kappa shape index (κ1) is 9.39. The van der Waals surface area contributed by atoms with Gasteiger partial charge in [0.1, 0.15) is 10.9 Å². The molecule has 0 unspecified atom stereocenters. The Morgan fingerprint density at radius 3 is 3.08 bits per heavy atom. The minimum absolute atomic E-state index is 0.639. The molecule has 0 radical (unpaired) electrons. The molecule has 0 aliphatic heterocycles. The lowest BCUT2D eigenvalue weighted by molar-refractivity contribution is -0.107. The predicted molar refractivity (Wildman–Crippen MR) is 50.9 cm³/mol. The molecular formula is C9H10BrNO. The molecule has 0 aliphatic carbocycles. The van der Waals surface area contributed by atoms with E-state index < -0.39 is 0 Å². The summed E-state index contributed by atoms with van der Waals surface area (Å²) >= 11 is 3.29. The van der Waals surface area contributed by atoms with Crippen LogP contribution in [0.2, 0.25) is 0 Å². The van der Waals surface area contributed by atoms with Crippen molar-refractivity contribution in [3.8, 4) is 0 Å². The molecule has 0 N–H and O–H groups in total. The fraction of sp³-hybridized carbons (Fsp3) is 0.333. The minimum Gasteiger partial charge on any atom is -0.303 e. The highest BCUT2D eigenvalue weighted by Crippen LogP contribution is 2.10. The number of halogens is 1. The molecule has 0 spiro atoms. The Kier molecular flexibility index (Phi) is 3.94. The summed E-state index contributed by atoms with van der Waals surface area (Å²) in [6.45, 7) is 0. The van der Waals surface area contributed by atoms with E-state index in [2.05, 4.69) is 20.9 Å². The van der Waals surface area contributed by atoms with Crippen LogP contribution in [0.15, 0.2) is 22.9 Å². The number of hydrogen-bond donors (Lipinski definition) is 0. The summed E-state index contributed by atoms with van der Waals surface area (Å²) in [6.07, 6.45) is 5.22. The fourth-order valence-electron chi connectivity index (χ4n) is 0.988. The molecule has 2 nitrogen and oxygen atoms in total. The van der Waals surface area contributed by atoms with Gasteiger partial charge in [0.15, 0.2) is 0 Å². The number of nitrogens with zero attached hydrogens (tertiary/aromatic N) is 1. The maximum atomic E-state index is 10.0. The van der Waals surface area contributed by atoms with Crippen LogP contribution in [0.5, 0.6) is 0 Å². The Balaban J connectivity index is 2.46. The third-order valence-corrected chi connectivity index (χ3v) is 2.01. The highest BCUT2D eigenvalue weighted by molar-refractivity contribution is 9.10. The second-order valence-electron chi connectivity index (χ2n) is 2.55. The standard InChI is InChI=1S/C9H10BrNO/c10-9-7-8(4-5-11-9)3-1-2-6-12/h4-7H,1-3H2. The lowest BCUT2D eigenvalue weighted by atomic mass is 10.1. The normalized spacial score (nSPS) is 9.75. The molecule has 12 heavy (non-hydrogen) atoms. The van der Waals surface area contributed by atoms with Crippen molar-refractivity contribution in [2.75, 3.05) is 0 Å². The summed E-state index contributed by atoms with van der Waals surface area (Å²) in [5, 5.41) is 0. The average molecular weight is 228 g/mol. The van der Waals surface area contributed by atoms with Crippen molar-refractivity contribution in [1.82, 2.24) is 4.98 Å². The van der Waals surface area contributed by atoms with Crippen molar-refractivity contribution < 1.29 is 4.79 Å². The zero-order valence-corrected chi connectivity index (χ0v) is 8.25. The van der Waals surface area contributed by atoms with Gasteiger partial charge in [0.25, 0.3) is 0 Å². The van der Waals surface area contributed by atoms with Gasteiger partial charge in [0, 0.05) is 12.6 Å². The molecule has 0 aliphatic rings. The molecule has 1 rings (SSSR count). The van der Waals surface area contributed by atoms with Gasteiger partial charge < -0.3 is 4.79 Å². The Morgan fingerprint density at radius 2 is 2.42 bits per heavy atom. The molecule has 3 heteroatoms. The van der Waals surface area contributed by atoms with Gasteiger partial charge in [-0.3, -0.25) is 0 Å². The van der Waals surface area contributed by atoms with Crippen LogP contribution in [-0.4, -0.2) is 11.3 Å². The molecule has 64 valence electrons. The van der Waals surface area contributed by atoms with Gasteiger partial charge in [0.2, 0.25) is 0 Å². The van der Waals surface area contributed by atoms with E-state index in [0.29, 0.717) is 6.42 Å². The van der Waals surface area contributed by atoms with Gasteiger partial charge in [0.05, 0.1) is 0 Å². The smallest absolute Gasteiger partial charge is 0.120 e. The van der Waals surface area contributed by atoms with Gasteiger partial charge in [-0.1, -0.05) is 0 Å². The van der Waals surface area contributed by atoms with Crippen molar-refractivity contribution in [2.24, 2.45) is 0 Å². The number of unbranched alkanes of at least 4 members (excludes halogenated alkanes) is 1. The molecule has 1 heterocycles. The summed E-state index contributed by atoms with van der Waals surface area (Å²) in [5.74, 6) is 0. The van der Waals surface area contributed by atoms with E-state index in [0.717, 1.165) is 23.7 Å². The Hall–Kier alpha value is -0.700. The summed E-state index contributed by atoms with van der Waals surface area (Å²) in [4.78, 5) is 14.1. The monoisotopic (exact) mass is 227 g/mol. The number of hydrogen-bond acceptors (Lipinski definition) is 2. The van der Waals surface area contributed by atoms with E-state index in [4.69, 9.17) is 0 Å². The Bertz CT molecular complexity index is 262. The van der Waals surface area contributed by atoms with Crippen molar-refractivity contribution in [1.29, 1.82) is 0 Å². The second kappa shape index (κ2) is 5.04. The maximum Gasteiger partial charge on any atom is 0.120 e. The fourth-order valence-corrected chi connectivity index (χ4v) is 1.40. The number of carbonyl (C=O) groups excluding carboxylic acids is 1. The summed E-state index contributed by atoms with van der Waals surface area (Å²) < 4.78 is 0.853. The summed E-state index contributed by atoms with van der Waals surface area (Å²) in [7, 11) is 0. The third-order valence-electron chi connectivity index (χ3n) is 1.58. The molecule has 0 saturated heterocycles. The number of aldehydes is 1. The number of carbonyl (C=O) groups is 1. The molecule has 0 saturated carbocycles. The SMILES string of the molecule is O=CCCCc1ccnc(Br)c1. The Labute approximate surface area is 80.1 Å². The molecule has 0 bridgehead atoms. The second-order valence-corrected chi connectivity index (χ2v) is 3.36. The molecule has 0 aromatic carbocycles. The summed E-state index contributed by atoms with van der Waals surface area (Å²) in [6, 6.07) is 3.94. The van der Waals surface area contributed by atoms with Gasteiger partial charge in [-0.15, -0.1) is 0 Å². The number of rotatable bonds is 4. The van der Waals surface area contributed by atoms with Crippen LogP contribution in [-0.2, 0) is 11.2 Å². The predicted octanol–water partition coefficient (Wildman–Crippen LogP) is 2.37. The number of aromatic nitrogens is 1. The molecular weight excluding hydrogens is 218 g/mol. The van der Waals surface area contributed by atoms with Crippen molar-refractivity contribution in [3.05, 3.63) is 28.5 Å². The molecule has 1 aromatic heterocycles. The average Bonchev–Trinajstić information content (AvgIpc) is 2.05. The van der Waals surface area contributed by atoms with Crippen LogP contribution < -0.4 is 0 Å². The van der Waals surface area contributed by atoms with Gasteiger partial charge in [-0.2, -0.15) is 0 Å². The maximum absolute atomic E-state index is 10.0. The molecule has 0 amide bonds. The Morgan fingerprint density at radius 1 is 1.58 bits per heavy atom. The lowest BCUT2D eigenvalue weighted by Gasteiger charge is -1.98. The first-order valence-electron chi connectivity index (χ1n) is 3.87. The molecule has 0 fully saturated rings. The third kappa shape index (κ3) is 3.13. The lowest BCUT2D eigenvalue weighted by Crippen LogP contribution is -1.87. The van der Waals surface area contributed by atoms with Crippen LogP contribution in [0.3, 0.4) is 0 Å². The van der Waals surface area contributed by atoms with Crippen molar-refractivity contribution in [2.45, 2.75) is 19.3 Å². The zero-order valence-electron chi connectivity index (χ0n) is 6.66. The largest absolute Gasteiger partial charge is 0.303 e. The minimum atomic E-state index is 0.639. The van der Waals surface area contributed by atoms with Crippen LogP contribution in [0, 0.1) is 0 Å². The van der Waals surface area contributed by atoms with E-state index in [-0.39, 0.29) is 0 Å². The highest BCUT2D eigenvalue weighted by Gasteiger charge is 1.93. The van der Waals surface area contributed by atoms with Crippen LogP contribution in [0.25, 0.3) is 0 Å². The van der Waals surface area contributed by atoms with E-state index in [1.165, 1.54) is 5.56 Å². The van der Waals surface area contributed by atoms with E-state index in [1.54, 1.807) is 6.20 Å². The first-order chi connectivity index (χ1) is 5.83. The quantitative estimate of drug-likeness (QED) is 0.449. The van der Waals surface area contributed by atoms with Gasteiger partial charge >= 0.3 is 0 Å². The van der Waals surface area contributed by atoms with Crippen LogP contribution in [0.4, 0.5) is 0 Å². The number of aryl methyl sites for hydroxylation is 1.